The summed E-state index contributed by atoms with van der Waals surface area (Å²) >= 11 is 0. The van der Waals surface area contributed by atoms with E-state index in [1.807, 2.05) is 31.2 Å². The zero-order valence-electron chi connectivity index (χ0n) is 13.8. The Morgan fingerprint density at radius 2 is 1.96 bits per heavy atom. The fraction of sp³-hybridized carbons (Fsp3) is 0.263. The fourth-order valence-corrected chi connectivity index (χ4v) is 2.72. The summed E-state index contributed by atoms with van der Waals surface area (Å²) in [7, 11) is 0. The molecule has 0 bridgehead atoms. The summed E-state index contributed by atoms with van der Waals surface area (Å²) in [4.78, 5) is 22.9. The smallest absolute Gasteiger partial charge is 0.341 e. The predicted molar refractivity (Wildman–Crippen MR) is 90.7 cm³/mol. The van der Waals surface area contributed by atoms with Gasteiger partial charge >= 0.3 is 5.97 Å². The molecule has 0 radical (unpaired) electrons. The molecule has 1 aliphatic heterocycles. The summed E-state index contributed by atoms with van der Waals surface area (Å²) < 4.78 is 10.8. The van der Waals surface area contributed by atoms with Gasteiger partial charge in [-0.05, 0) is 36.2 Å². The van der Waals surface area contributed by atoms with Crippen molar-refractivity contribution in [3.05, 3.63) is 59.7 Å². The summed E-state index contributed by atoms with van der Waals surface area (Å²) in [5, 5.41) is 11.5. The second-order valence-electron chi connectivity index (χ2n) is 5.90. The second-order valence-corrected chi connectivity index (χ2v) is 5.90. The van der Waals surface area contributed by atoms with Gasteiger partial charge < -0.3 is 19.9 Å². The second kappa shape index (κ2) is 7.25. The van der Waals surface area contributed by atoms with Gasteiger partial charge in [0, 0.05) is 6.42 Å². The van der Waals surface area contributed by atoms with Crippen LogP contribution in [-0.4, -0.2) is 29.7 Å². The van der Waals surface area contributed by atoms with E-state index in [4.69, 9.17) is 14.6 Å². The number of rotatable bonds is 6. The number of amides is 1. The third kappa shape index (κ3) is 4.09. The molecular formula is C19H19NO5. The van der Waals surface area contributed by atoms with Gasteiger partial charge in [0.25, 0.3) is 5.91 Å². The molecule has 0 saturated heterocycles. The Bertz CT molecular complexity index is 747. The minimum absolute atomic E-state index is 0.157. The highest BCUT2D eigenvalue weighted by Crippen LogP contribution is 2.28. The van der Waals surface area contributed by atoms with Gasteiger partial charge in [0.05, 0.1) is 6.04 Å². The van der Waals surface area contributed by atoms with E-state index in [0.29, 0.717) is 12.2 Å². The van der Waals surface area contributed by atoms with Crippen LogP contribution >= 0.6 is 0 Å². The Morgan fingerprint density at radius 1 is 1.24 bits per heavy atom. The van der Waals surface area contributed by atoms with Crippen LogP contribution < -0.4 is 14.8 Å². The van der Waals surface area contributed by atoms with Crippen LogP contribution in [-0.2, 0) is 16.0 Å². The SMILES string of the molecule is C[C@@H](NC(=O)[C@@H]1Cc2ccccc2O1)c1ccc(OCC(=O)O)cc1. The molecule has 2 N–H and O–H groups in total. The van der Waals surface area contributed by atoms with Crippen molar-refractivity contribution in [2.75, 3.05) is 6.61 Å². The number of carbonyl (C=O) groups excluding carboxylic acids is 1. The van der Waals surface area contributed by atoms with Gasteiger partial charge in [-0.25, -0.2) is 4.79 Å². The maximum Gasteiger partial charge on any atom is 0.341 e. The third-order valence-electron chi connectivity index (χ3n) is 4.04. The van der Waals surface area contributed by atoms with Crippen LogP contribution in [0.4, 0.5) is 0 Å². The Balaban J connectivity index is 1.56. The minimum Gasteiger partial charge on any atom is -0.482 e. The number of para-hydroxylation sites is 1. The highest BCUT2D eigenvalue weighted by atomic mass is 16.5. The zero-order valence-corrected chi connectivity index (χ0v) is 13.8. The van der Waals surface area contributed by atoms with E-state index < -0.39 is 12.1 Å². The van der Waals surface area contributed by atoms with E-state index in [-0.39, 0.29) is 18.6 Å². The topological polar surface area (TPSA) is 84.9 Å². The summed E-state index contributed by atoms with van der Waals surface area (Å²) in [5.41, 5.74) is 1.93. The molecule has 1 amide bonds. The number of carboxylic acid groups (broad SMARTS) is 1. The lowest BCUT2D eigenvalue weighted by Crippen LogP contribution is -2.38. The monoisotopic (exact) mass is 341 g/mol. The quantitative estimate of drug-likeness (QED) is 0.842. The van der Waals surface area contributed by atoms with Gasteiger partial charge in [0.1, 0.15) is 11.5 Å². The van der Waals surface area contributed by atoms with Gasteiger partial charge in [0.15, 0.2) is 12.7 Å². The maximum atomic E-state index is 12.4. The van der Waals surface area contributed by atoms with E-state index in [2.05, 4.69) is 5.32 Å². The van der Waals surface area contributed by atoms with Crippen molar-refractivity contribution < 1.29 is 24.2 Å². The first kappa shape index (κ1) is 16.8. The highest BCUT2D eigenvalue weighted by molar-refractivity contribution is 5.82. The van der Waals surface area contributed by atoms with Crippen LogP contribution in [0.1, 0.15) is 24.1 Å². The Morgan fingerprint density at radius 3 is 2.64 bits per heavy atom. The normalized spacial score (nSPS) is 16.4. The maximum absolute atomic E-state index is 12.4. The summed E-state index contributed by atoms with van der Waals surface area (Å²) in [5.74, 6) is 0.0478. The van der Waals surface area contributed by atoms with Crippen molar-refractivity contribution in [3.63, 3.8) is 0 Å². The molecule has 1 aliphatic rings. The van der Waals surface area contributed by atoms with Gasteiger partial charge in [0.2, 0.25) is 0 Å². The largest absolute Gasteiger partial charge is 0.482 e. The first-order valence-electron chi connectivity index (χ1n) is 8.02. The molecule has 0 aliphatic carbocycles. The van der Waals surface area contributed by atoms with Gasteiger partial charge in [-0.15, -0.1) is 0 Å². The van der Waals surface area contributed by atoms with E-state index in [1.54, 1.807) is 24.3 Å². The number of benzene rings is 2. The molecule has 0 spiro atoms. The van der Waals surface area contributed by atoms with Gasteiger partial charge in [-0.3, -0.25) is 4.79 Å². The third-order valence-corrected chi connectivity index (χ3v) is 4.04. The van der Waals surface area contributed by atoms with Crippen LogP contribution in [0.3, 0.4) is 0 Å². The Kier molecular flexibility index (Phi) is 4.88. The van der Waals surface area contributed by atoms with Crippen molar-refractivity contribution in [1.82, 2.24) is 5.32 Å². The summed E-state index contributed by atoms with van der Waals surface area (Å²) in [6.45, 7) is 1.50. The van der Waals surface area contributed by atoms with E-state index in [1.165, 1.54) is 0 Å². The number of hydrogen-bond acceptors (Lipinski definition) is 4. The van der Waals surface area contributed by atoms with E-state index in [9.17, 15) is 9.59 Å². The van der Waals surface area contributed by atoms with Crippen molar-refractivity contribution in [2.24, 2.45) is 0 Å². The van der Waals surface area contributed by atoms with Crippen LogP contribution in [0.2, 0.25) is 0 Å². The number of fused-ring (bicyclic) bond motifs is 1. The Hall–Kier alpha value is -3.02. The van der Waals surface area contributed by atoms with Crippen LogP contribution in [0.15, 0.2) is 48.5 Å². The molecule has 2 atom stereocenters. The average molecular weight is 341 g/mol. The molecular weight excluding hydrogens is 322 g/mol. The molecule has 0 fully saturated rings. The minimum atomic E-state index is -1.03. The molecule has 2 aromatic rings. The zero-order chi connectivity index (χ0) is 17.8. The molecule has 1 heterocycles. The number of ether oxygens (including phenoxy) is 2. The van der Waals surface area contributed by atoms with Gasteiger partial charge in [-0.1, -0.05) is 30.3 Å². The van der Waals surface area contributed by atoms with Crippen LogP contribution in [0.5, 0.6) is 11.5 Å². The number of nitrogens with one attached hydrogen (secondary N) is 1. The summed E-state index contributed by atoms with van der Waals surface area (Å²) in [6, 6.07) is 14.4. The first-order valence-corrected chi connectivity index (χ1v) is 8.02. The molecule has 0 unspecified atom stereocenters. The van der Waals surface area contributed by atoms with Crippen LogP contribution in [0.25, 0.3) is 0 Å². The van der Waals surface area contributed by atoms with Crippen LogP contribution in [0, 0.1) is 0 Å². The Labute approximate surface area is 145 Å². The number of carbonyl (C=O) groups is 2. The molecule has 130 valence electrons. The number of hydrogen-bond donors (Lipinski definition) is 2. The number of aliphatic carboxylic acids is 1. The highest BCUT2D eigenvalue weighted by Gasteiger charge is 2.29. The van der Waals surface area contributed by atoms with Crippen molar-refractivity contribution in [3.8, 4) is 11.5 Å². The van der Waals surface area contributed by atoms with Crippen molar-refractivity contribution in [1.29, 1.82) is 0 Å². The standard InChI is InChI=1S/C19H19NO5/c1-12(13-6-8-15(9-7-13)24-11-18(21)22)20-19(23)17-10-14-4-2-3-5-16(14)25-17/h2-9,12,17H,10-11H2,1H3,(H,20,23)(H,21,22)/t12-,17+/m1/s1. The molecule has 6 nitrogen and oxygen atoms in total. The molecule has 2 aromatic carbocycles. The lowest BCUT2D eigenvalue weighted by Gasteiger charge is -2.18. The molecule has 25 heavy (non-hydrogen) atoms. The fourth-order valence-electron chi connectivity index (χ4n) is 2.72. The van der Waals surface area contributed by atoms with Gasteiger partial charge in [-0.2, -0.15) is 0 Å². The lowest BCUT2D eigenvalue weighted by molar-refractivity contribution is -0.139. The molecule has 6 heteroatoms. The first-order chi connectivity index (χ1) is 12.0. The predicted octanol–water partition coefficient (Wildman–Crippen LogP) is 2.33. The molecule has 0 aromatic heterocycles. The van der Waals surface area contributed by atoms with E-state index in [0.717, 1.165) is 16.9 Å². The van der Waals surface area contributed by atoms with Crippen molar-refractivity contribution >= 4 is 11.9 Å². The lowest BCUT2D eigenvalue weighted by atomic mass is 10.1. The van der Waals surface area contributed by atoms with E-state index >= 15 is 0 Å². The average Bonchev–Trinajstić information content (AvgIpc) is 3.04. The van der Waals surface area contributed by atoms with Crippen molar-refractivity contribution in [2.45, 2.75) is 25.5 Å². The molecule has 0 saturated carbocycles. The number of carboxylic acids is 1. The molecule has 3 rings (SSSR count). The summed E-state index contributed by atoms with van der Waals surface area (Å²) in [6.07, 6.45) is 0.0504.